The Kier molecular flexibility index (Phi) is 11.8. The van der Waals surface area contributed by atoms with Crippen molar-refractivity contribution in [3.05, 3.63) is 35.9 Å². The zero-order chi connectivity index (χ0) is 27.2. The Balaban J connectivity index is 2.10. The van der Waals surface area contributed by atoms with Crippen molar-refractivity contribution in [3.8, 4) is 12.1 Å². The Labute approximate surface area is 216 Å². The van der Waals surface area contributed by atoms with Crippen LogP contribution in [0.1, 0.15) is 44.1 Å². The maximum atomic E-state index is 13.0. The number of carboxylic acid groups (broad SMARTS) is 1. The van der Waals surface area contributed by atoms with E-state index in [2.05, 4.69) is 11.4 Å². The number of hydrogen-bond acceptors (Lipinski definition) is 7. The molecule has 198 valence electrons. The highest BCUT2D eigenvalue weighted by molar-refractivity contribution is 5.84. The van der Waals surface area contributed by atoms with Gasteiger partial charge in [-0.3, -0.25) is 14.4 Å². The second-order valence-electron chi connectivity index (χ2n) is 8.77. The number of aliphatic carboxylic acids is 1. The van der Waals surface area contributed by atoms with Crippen molar-refractivity contribution in [2.24, 2.45) is 0 Å². The van der Waals surface area contributed by atoms with Gasteiger partial charge in [-0.05, 0) is 18.4 Å². The number of carbonyl (C=O) groups is 4. The van der Waals surface area contributed by atoms with Crippen molar-refractivity contribution in [1.82, 2.24) is 25.1 Å². The predicted octanol–water partition coefficient (Wildman–Crippen LogP) is 1.51. The van der Waals surface area contributed by atoms with E-state index in [1.165, 1.54) is 19.8 Å². The third-order valence-electron chi connectivity index (χ3n) is 6.01. The second-order valence-corrected chi connectivity index (χ2v) is 8.77. The fourth-order valence-electron chi connectivity index (χ4n) is 3.95. The van der Waals surface area contributed by atoms with Crippen LogP contribution in [0.5, 0.6) is 0 Å². The molecule has 0 spiro atoms. The van der Waals surface area contributed by atoms with Crippen LogP contribution in [0, 0.1) is 22.7 Å². The van der Waals surface area contributed by atoms with Crippen LogP contribution < -0.4 is 5.32 Å². The van der Waals surface area contributed by atoms with Gasteiger partial charge < -0.3 is 20.2 Å². The highest BCUT2D eigenvalue weighted by Gasteiger charge is 2.38. The molecule has 12 heteroatoms. The van der Waals surface area contributed by atoms with Gasteiger partial charge in [0.1, 0.15) is 13.2 Å². The van der Waals surface area contributed by atoms with Crippen LogP contribution in [-0.4, -0.2) is 88.1 Å². The summed E-state index contributed by atoms with van der Waals surface area (Å²) in [6.07, 6.45) is 2.00. The van der Waals surface area contributed by atoms with Crippen LogP contribution in [0.25, 0.3) is 0 Å². The molecule has 1 fully saturated rings. The van der Waals surface area contributed by atoms with Crippen LogP contribution in [0.15, 0.2) is 30.3 Å². The molecular weight excluding hydrogens is 478 g/mol. The first-order valence-electron chi connectivity index (χ1n) is 12.1. The van der Waals surface area contributed by atoms with E-state index in [4.69, 9.17) is 5.26 Å². The Morgan fingerprint density at radius 2 is 1.84 bits per heavy atom. The van der Waals surface area contributed by atoms with Gasteiger partial charge >= 0.3 is 12.0 Å². The summed E-state index contributed by atoms with van der Waals surface area (Å²) in [6.45, 7) is -0.131. The predicted molar refractivity (Wildman–Crippen MR) is 132 cm³/mol. The fraction of sp³-hybridized carbons (Fsp3) is 0.520. The molecular formula is C25H33N7O5. The zero-order valence-corrected chi connectivity index (χ0v) is 21.0. The van der Waals surface area contributed by atoms with Crippen LogP contribution in [0.3, 0.4) is 0 Å². The minimum absolute atomic E-state index is 0.213. The Hall–Kier alpha value is -4.16. The van der Waals surface area contributed by atoms with Crippen LogP contribution in [0.2, 0.25) is 0 Å². The van der Waals surface area contributed by atoms with Crippen LogP contribution >= 0.6 is 0 Å². The number of carboxylic acids is 1. The average molecular weight is 512 g/mol. The molecule has 0 saturated carbocycles. The van der Waals surface area contributed by atoms with E-state index < -0.39 is 30.4 Å². The van der Waals surface area contributed by atoms with E-state index in [9.17, 15) is 29.5 Å². The molecule has 0 bridgehead atoms. The summed E-state index contributed by atoms with van der Waals surface area (Å²) in [5.41, 5.74) is 0.859. The summed E-state index contributed by atoms with van der Waals surface area (Å²) < 4.78 is 0. The topological polar surface area (TPSA) is 161 Å². The lowest BCUT2D eigenvalue weighted by molar-refractivity contribution is -0.158. The number of nitriles is 2. The molecule has 1 atom stereocenters. The molecule has 0 radical (unpaired) electrons. The SMILES string of the molecule is CN(CCCCCC#N)C(=O)CC(CC(=O)O)N1CN(C(=O)NCc2ccccc2)N(CC#N)CC1=O. The van der Waals surface area contributed by atoms with Crippen molar-refractivity contribution in [1.29, 1.82) is 10.5 Å². The number of nitrogens with zero attached hydrogens (tertiary/aromatic N) is 6. The Bertz CT molecular complexity index is 1020. The lowest BCUT2D eigenvalue weighted by Gasteiger charge is -2.44. The first-order chi connectivity index (χ1) is 17.8. The van der Waals surface area contributed by atoms with Gasteiger partial charge in [-0.2, -0.15) is 15.5 Å². The van der Waals surface area contributed by atoms with Gasteiger partial charge in [-0.1, -0.05) is 36.8 Å². The van der Waals surface area contributed by atoms with Gasteiger partial charge in [0.05, 0.1) is 31.1 Å². The number of nitrogens with one attached hydrogen (secondary N) is 1. The summed E-state index contributed by atoms with van der Waals surface area (Å²) in [5.74, 6) is -1.97. The molecule has 1 aromatic rings. The van der Waals surface area contributed by atoms with E-state index >= 15 is 0 Å². The number of benzene rings is 1. The first kappa shape index (κ1) is 29.1. The molecule has 1 aromatic carbocycles. The van der Waals surface area contributed by atoms with Gasteiger partial charge in [0.15, 0.2) is 0 Å². The molecule has 2 N–H and O–H groups in total. The molecule has 1 aliphatic heterocycles. The van der Waals surface area contributed by atoms with Gasteiger partial charge in [-0.15, -0.1) is 0 Å². The monoisotopic (exact) mass is 511 g/mol. The van der Waals surface area contributed by atoms with Gasteiger partial charge in [0.2, 0.25) is 11.8 Å². The van der Waals surface area contributed by atoms with E-state index in [-0.39, 0.29) is 38.6 Å². The molecule has 12 nitrogen and oxygen atoms in total. The zero-order valence-electron chi connectivity index (χ0n) is 21.0. The number of rotatable bonds is 13. The van der Waals surface area contributed by atoms with Crippen molar-refractivity contribution < 1.29 is 24.3 Å². The highest BCUT2D eigenvalue weighted by atomic mass is 16.4. The molecule has 1 unspecified atom stereocenters. The first-order valence-corrected chi connectivity index (χ1v) is 12.1. The highest BCUT2D eigenvalue weighted by Crippen LogP contribution is 2.19. The van der Waals surface area contributed by atoms with Gasteiger partial charge in [0, 0.05) is 33.0 Å². The molecule has 4 amide bonds. The fourth-order valence-corrected chi connectivity index (χ4v) is 3.95. The summed E-state index contributed by atoms with van der Waals surface area (Å²) in [6, 6.07) is 11.7. The molecule has 2 rings (SSSR count). The van der Waals surface area contributed by atoms with Crippen molar-refractivity contribution in [2.75, 3.05) is 33.4 Å². The van der Waals surface area contributed by atoms with E-state index in [1.54, 1.807) is 7.05 Å². The Morgan fingerprint density at radius 1 is 1.11 bits per heavy atom. The third kappa shape index (κ3) is 9.43. The Morgan fingerprint density at radius 3 is 2.49 bits per heavy atom. The quantitative estimate of drug-likeness (QED) is 0.298. The number of hydrogen-bond donors (Lipinski definition) is 2. The van der Waals surface area contributed by atoms with E-state index in [1.807, 2.05) is 36.4 Å². The number of carbonyl (C=O) groups excluding carboxylic acids is 3. The lowest BCUT2D eigenvalue weighted by atomic mass is 10.1. The molecule has 37 heavy (non-hydrogen) atoms. The second kappa shape index (κ2) is 15.1. The van der Waals surface area contributed by atoms with Crippen LogP contribution in [0.4, 0.5) is 4.79 Å². The average Bonchev–Trinajstić information content (AvgIpc) is 2.87. The maximum absolute atomic E-state index is 13.0. The smallest absolute Gasteiger partial charge is 0.333 e. The standard InChI is InChI=1S/C25H33N7O5/c1-29(13-8-3-2-7-11-26)22(33)15-21(16-24(35)36)31-19-32(30(14-12-27)18-23(31)34)25(37)28-17-20-9-5-4-6-10-20/h4-6,9-10,21H,2-3,7-8,13-19H2,1H3,(H,28,37)(H,35,36). The summed E-state index contributed by atoms with van der Waals surface area (Å²) >= 11 is 0. The largest absolute Gasteiger partial charge is 0.481 e. The summed E-state index contributed by atoms with van der Waals surface area (Å²) in [5, 5.41) is 32.5. The number of urea groups is 1. The molecule has 1 aliphatic rings. The van der Waals surface area contributed by atoms with Gasteiger partial charge in [-0.25, -0.2) is 9.80 Å². The minimum Gasteiger partial charge on any atom is -0.481 e. The number of hydrazine groups is 1. The minimum atomic E-state index is -1.18. The summed E-state index contributed by atoms with van der Waals surface area (Å²) in [4.78, 5) is 53.1. The molecule has 1 saturated heterocycles. The van der Waals surface area contributed by atoms with Crippen LogP contribution in [-0.2, 0) is 20.9 Å². The molecule has 1 heterocycles. The van der Waals surface area contributed by atoms with Crippen molar-refractivity contribution in [3.63, 3.8) is 0 Å². The molecule has 0 aromatic heterocycles. The molecule has 0 aliphatic carbocycles. The third-order valence-corrected chi connectivity index (χ3v) is 6.01. The normalized spacial score (nSPS) is 14.4. The maximum Gasteiger partial charge on any atom is 0.333 e. The van der Waals surface area contributed by atoms with Gasteiger partial charge in [0.25, 0.3) is 0 Å². The lowest BCUT2D eigenvalue weighted by Crippen LogP contribution is -2.65. The summed E-state index contributed by atoms with van der Waals surface area (Å²) in [7, 11) is 1.61. The van der Waals surface area contributed by atoms with Crippen molar-refractivity contribution in [2.45, 2.75) is 51.1 Å². The number of amides is 4. The number of unbranched alkanes of at least 4 members (excludes halogenated alkanes) is 3. The van der Waals surface area contributed by atoms with Crippen molar-refractivity contribution >= 4 is 23.8 Å². The van der Waals surface area contributed by atoms with E-state index in [0.717, 1.165) is 18.4 Å². The van der Waals surface area contributed by atoms with E-state index in [0.29, 0.717) is 19.4 Å².